The van der Waals surface area contributed by atoms with Crippen molar-refractivity contribution in [3.63, 3.8) is 0 Å². The van der Waals surface area contributed by atoms with Crippen LogP contribution in [0.4, 0.5) is 0 Å². The molecule has 0 aliphatic carbocycles. The third-order valence-corrected chi connectivity index (χ3v) is 18.3. The van der Waals surface area contributed by atoms with E-state index in [-0.39, 0.29) is 0 Å². The highest BCUT2D eigenvalue weighted by atomic mass is 28.3. The third kappa shape index (κ3) is 5.39. The van der Waals surface area contributed by atoms with Crippen LogP contribution in [-0.4, -0.2) is 17.2 Å². The molecule has 3 aromatic heterocycles. The summed E-state index contributed by atoms with van der Waals surface area (Å²) in [5, 5.41) is 12.6. The molecule has 0 radical (unpaired) electrons. The summed E-state index contributed by atoms with van der Waals surface area (Å²) in [6.07, 6.45) is 0. The summed E-state index contributed by atoms with van der Waals surface area (Å²) >= 11 is 0. The fourth-order valence-corrected chi connectivity index (χ4v) is 15.4. The molecule has 0 aliphatic rings. The van der Waals surface area contributed by atoms with E-state index in [4.69, 9.17) is 4.42 Å². The van der Waals surface area contributed by atoms with Crippen LogP contribution in [0.5, 0.6) is 0 Å². The minimum Gasteiger partial charge on any atom is -0.455 e. The van der Waals surface area contributed by atoms with Gasteiger partial charge in [-0.05, 0) is 87.0 Å². The van der Waals surface area contributed by atoms with Gasteiger partial charge in [-0.15, -0.1) is 0 Å². The largest absolute Gasteiger partial charge is 0.455 e. The average Bonchev–Trinajstić information content (AvgIpc) is 4.03. The molecule has 3 nitrogen and oxygen atoms in total. The van der Waals surface area contributed by atoms with Crippen molar-refractivity contribution >= 4 is 94.4 Å². The van der Waals surface area contributed by atoms with Crippen LogP contribution in [0.3, 0.4) is 0 Å². The summed E-state index contributed by atoms with van der Waals surface area (Å²) in [7, 11) is -2.66. The Morgan fingerprint density at radius 3 is 1.38 bits per heavy atom. The van der Waals surface area contributed by atoms with Gasteiger partial charge < -0.3 is 13.6 Å². The molecule has 13 aromatic rings. The van der Waals surface area contributed by atoms with E-state index in [0.29, 0.717) is 0 Å². The van der Waals surface area contributed by atoms with Gasteiger partial charge in [0.25, 0.3) is 0 Å². The summed E-state index contributed by atoms with van der Waals surface area (Å²) < 4.78 is 11.4. The smallest absolute Gasteiger partial charge is 0.179 e. The van der Waals surface area contributed by atoms with Gasteiger partial charge in [-0.3, -0.25) is 0 Å². The lowest BCUT2D eigenvalue weighted by atomic mass is 10.0. The maximum atomic E-state index is 6.49. The molecule has 0 saturated carbocycles. The van der Waals surface area contributed by atoms with Crippen molar-refractivity contribution in [1.82, 2.24) is 9.13 Å². The van der Waals surface area contributed by atoms with Crippen LogP contribution in [0.1, 0.15) is 0 Å². The normalized spacial score (nSPS) is 12.1. The number of furan rings is 1. The summed E-state index contributed by atoms with van der Waals surface area (Å²) in [5.74, 6) is 0. The number of fused-ring (bicyclic) bond motifs is 9. The molecule has 0 unspecified atom stereocenters. The van der Waals surface area contributed by atoms with Crippen LogP contribution >= 0.6 is 0 Å². The molecule has 13 rings (SSSR count). The van der Waals surface area contributed by atoms with Gasteiger partial charge in [-0.2, -0.15) is 0 Å². The Kier molecular flexibility index (Phi) is 8.23. The van der Waals surface area contributed by atoms with Gasteiger partial charge in [-0.1, -0.05) is 182 Å². The Bertz CT molecular complexity index is 3790. The highest BCUT2D eigenvalue weighted by Gasteiger charge is 2.41. The monoisotopic (exact) mass is 832 g/mol. The van der Waals surface area contributed by atoms with E-state index in [0.717, 1.165) is 44.4 Å². The van der Waals surface area contributed by atoms with Crippen LogP contribution in [0, 0.1) is 0 Å². The lowest BCUT2D eigenvalue weighted by molar-refractivity contribution is 0.670. The lowest BCUT2D eigenvalue weighted by Gasteiger charge is -2.34. The number of aromatic nitrogens is 2. The minimum atomic E-state index is -2.66. The van der Waals surface area contributed by atoms with E-state index in [1.807, 2.05) is 6.07 Å². The van der Waals surface area contributed by atoms with Gasteiger partial charge in [0.05, 0.1) is 22.1 Å². The van der Waals surface area contributed by atoms with Crippen LogP contribution < -0.4 is 20.7 Å². The first kappa shape index (κ1) is 36.5. The zero-order valence-electron chi connectivity index (χ0n) is 34.9. The standard InChI is InChI=1S/C60H40N2OSi/c1-4-17-44(18-5-1)64(45-19-6-2-7-20-45,46-21-8-3-9-22-46)47-35-32-42(33-36-47)61-55-28-13-11-24-50(55)54-40-43(34-38-58(54)61)62-56-29-14-10-23-49(56)53-39-41(31-37-57(53)62)48-26-16-27-52-51-25-12-15-30-59(51)63-60(48)52/h1-40H. The fraction of sp³-hybridized carbons (Fsp3) is 0. The second-order valence-electron chi connectivity index (χ2n) is 16.8. The molecule has 0 N–H and O–H groups in total. The highest BCUT2D eigenvalue weighted by Crippen LogP contribution is 2.40. The van der Waals surface area contributed by atoms with Crippen LogP contribution in [0.15, 0.2) is 247 Å². The van der Waals surface area contributed by atoms with Crippen molar-refractivity contribution in [2.45, 2.75) is 0 Å². The second kappa shape index (κ2) is 14.5. The van der Waals surface area contributed by atoms with Gasteiger partial charge in [0, 0.05) is 49.3 Å². The zero-order chi connectivity index (χ0) is 42.2. The van der Waals surface area contributed by atoms with Crippen LogP contribution in [-0.2, 0) is 0 Å². The molecule has 300 valence electrons. The van der Waals surface area contributed by atoms with Crippen molar-refractivity contribution < 1.29 is 4.42 Å². The molecule has 0 saturated heterocycles. The summed E-state index contributed by atoms with van der Waals surface area (Å²) in [5.41, 5.74) is 11.1. The Balaban J connectivity index is 0.963. The Morgan fingerprint density at radius 2 is 0.750 bits per heavy atom. The first-order valence-electron chi connectivity index (χ1n) is 22.0. The fourth-order valence-electron chi connectivity index (χ4n) is 10.7. The highest BCUT2D eigenvalue weighted by molar-refractivity contribution is 7.19. The molecule has 0 fully saturated rings. The summed E-state index contributed by atoms with van der Waals surface area (Å²) in [6, 6.07) is 89.1. The van der Waals surface area contributed by atoms with Gasteiger partial charge in [0.15, 0.2) is 8.07 Å². The molecule has 0 aliphatic heterocycles. The van der Waals surface area contributed by atoms with E-state index in [1.54, 1.807) is 0 Å². The molecular formula is C60H40N2OSi. The van der Waals surface area contributed by atoms with Crippen molar-refractivity contribution in [2.24, 2.45) is 0 Å². The predicted octanol–water partition coefficient (Wildman–Crippen LogP) is 12.8. The van der Waals surface area contributed by atoms with Crippen molar-refractivity contribution in [1.29, 1.82) is 0 Å². The van der Waals surface area contributed by atoms with Gasteiger partial charge in [0.2, 0.25) is 0 Å². The lowest BCUT2D eigenvalue weighted by Crippen LogP contribution is -2.74. The summed E-state index contributed by atoms with van der Waals surface area (Å²) in [4.78, 5) is 0. The topological polar surface area (TPSA) is 23.0 Å². The van der Waals surface area contributed by atoms with E-state index in [2.05, 4.69) is 246 Å². The predicted molar refractivity (Wildman–Crippen MR) is 271 cm³/mol. The Morgan fingerprint density at radius 1 is 0.297 bits per heavy atom. The molecule has 0 bridgehead atoms. The second-order valence-corrected chi connectivity index (χ2v) is 20.6. The number of hydrogen-bond acceptors (Lipinski definition) is 1. The first-order valence-corrected chi connectivity index (χ1v) is 24.0. The Hall–Kier alpha value is -8.18. The van der Waals surface area contributed by atoms with Crippen molar-refractivity contribution in [3.8, 4) is 22.5 Å². The van der Waals surface area contributed by atoms with E-state index in [1.165, 1.54) is 64.4 Å². The van der Waals surface area contributed by atoms with Crippen molar-refractivity contribution in [3.05, 3.63) is 243 Å². The number of rotatable bonds is 7. The van der Waals surface area contributed by atoms with E-state index >= 15 is 0 Å². The summed E-state index contributed by atoms with van der Waals surface area (Å²) in [6.45, 7) is 0. The molecule has 4 heteroatoms. The molecular weight excluding hydrogens is 793 g/mol. The SMILES string of the molecule is c1ccc([Si](c2ccccc2)(c2ccccc2)c2ccc(-n3c4ccccc4c4cc(-n5c6ccccc6c6cc(-c7cccc8c7oc7ccccc78)ccc65)ccc43)cc2)cc1. The number of hydrogen-bond donors (Lipinski definition) is 0. The zero-order valence-corrected chi connectivity index (χ0v) is 35.9. The molecule has 0 amide bonds. The molecule has 10 aromatic carbocycles. The van der Waals surface area contributed by atoms with Crippen molar-refractivity contribution in [2.75, 3.05) is 0 Å². The van der Waals surface area contributed by atoms with Gasteiger partial charge in [0.1, 0.15) is 11.2 Å². The molecule has 64 heavy (non-hydrogen) atoms. The minimum absolute atomic E-state index is 0.911. The van der Waals surface area contributed by atoms with Gasteiger partial charge in [-0.25, -0.2) is 0 Å². The number of nitrogens with zero attached hydrogens (tertiary/aromatic N) is 2. The maximum Gasteiger partial charge on any atom is 0.179 e. The first-order chi connectivity index (χ1) is 31.8. The Labute approximate surface area is 371 Å². The van der Waals surface area contributed by atoms with Crippen LogP contribution in [0.25, 0.3) is 88.1 Å². The number of benzene rings is 10. The van der Waals surface area contributed by atoms with Crippen LogP contribution in [0.2, 0.25) is 0 Å². The van der Waals surface area contributed by atoms with E-state index in [9.17, 15) is 0 Å². The average molecular weight is 833 g/mol. The maximum absolute atomic E-state index is 6.49. The molecule has 3 heterocycles. The quantitative estimate of drug-likeness (QED) is 0.116. The third-order valence-electron chi connectivity index (χ3n) is 13.5. The molecule has 0 spiro atoms. The van der Waals surface area contributed by atoms with Gasteiger partial charge >= 0.3 is 0 Å². The van der Waals surface area contributed by atoms with E-state index < -0.39 is 8.07 Å². The number of para-hydroxylation sites is 4. The molecule has 0 atom stereocenters.